The number of hydrogen-bond acceptors (Lipinski definition) is 2. The van der Waals surface area contributed by atoms with Crippen LogP contribution in [0.4, 0.5) is 8.78 Å². The van der Waals surface area contributed by atoms with Crippen LogP contribution in [-0.2, 0) is 4.79 Å². The zero-order valence-electron chi connectivity index (χ0n) is 14.8. The van der Waals surface area contributed by atoms with Crippen LogP contribution in [0.5, 0.6) is 0 Å². The highest BCUT2D eigenvalue weighted by molar-refractivity contribution is 6.32. The van der Waals surface area contributed by atoms with E-state index in [1.54, 1.807) is 18.5 Å². The van der Waals surface area contributed by atoms with Gasteiger partial charge in [0.2, 0.25) is 0 Å². The summed E-state index contributed by atoms with van der Waals surface area (Å²) in [6.45, 7) is 2.52. The summed E-state index contributed by atoms with van der Waals surface area (Å²) in [5.41, 5.74) is -0.475. The van der Waals surface area contributed by atoms with Crippen molar-refractivity contribution >= 4 is 17.5 Å². The Labute approximate surface area is 156 Å². The third kappa shape index (κ3) is 4.06. The number of benzene rings is 1. The second-order valence-corrected chi connectivity index (χ2v) is 7.61. The maximum atomic E-state index is 13.7. The van der Waals surface area contributed by atoms with E-state index >= 15 is 0 Å². The lowest BCUT2D eigenvalue weighted by Gasteiger charge is -2.31. The van der Waals surface area contributed by atoms with Crippen molar-refractivity contribution in [1.82, 2.24) is 14.9 Å². The normalized spacial score (nSPS) is 20.8. The van der Waals surface area contributed by atoms with Crippen molar-refractivity contribution in [2.24, 2.45) is 0 Å². The van der Waals surface area contributed by atoms with Crippen LogP contribution in [0.2, 0.25) is 5.15 Å². The molecule has 1 amide bonds. The van der Waals surface area contributed by atoms with Gasteiger partial charge in [0.15, 0.2) is 5.67 Å². The Morgan fingerprint density at radius 3 is 2.42 bits per heavy atom. The van der Waals surface area contributed by atoms with Crippen LogP contribution in [0.15, 0.2) is 30.6 Å². The topological polar surface area (TPSA) is 46.9 Å². The van der Waals surface area contributed by atoms with Crippen LogP contribution < -0.4 is 5.32 Å². The molecule has 2 aromatic rings. The lowest BCUT2D eigenvalue weighted by atomic mass is 9.90. The van der Waals surface area contributed by atoms with Gasteiger partial charge >= 0.3 is 0 Å². The number of imidazole rings is 1. The van der Waals surface area contributed by atoms with E-state index in [2.05, 4.69) is 10.3 Å². The summed E-state index contributed by atoms with van der Waals surface area (Å²) in [4.78, 5) is 16.2. The highest BCUT2D eigenvalue weighted by atomic mass is 35.5. The van der Waals surface area contributed by atoms with Crippen molar-refractivity contribution in [1.29, 1.82) is 0 Å². The summed E-state index contributed by atoms with van der Waals surface area (Å²) >= 11 is 6.50. The smallest absolute Gasteiger partial charge is 0.257 e. The largest absolute Gasteiger partial charge is 0.351 e. The Bertz CT molecular complexity index is 775. The second-order valence-electron chi connectivity index (χ2n) is 7.25. The maximum absolute atomic E-state index is 13.7. The summed E-state index contributed by atoms with van der Waals surface area (Å²) in [5.74, 6) is -0.874. The van der Waals surface area contributed by atoms with Gasteiger partial charge in [-0.05, 0) is 63.8 Å². The summed E-state index contributed by atoms with van der Waals surface area (Å²) < 4.78 is 28.7. The van der Waals surface area contributed by atoms with Crippen LogP contribution in [-0.4, -0.2) is 27.2 Å². The molecule has 0 aliphatic heterocycles. The molecule has 1 aromatic carbocycles. The summed E-state index contributed by atoms with van der Waals surface area (Å²) in [6.07, 6.45) is 4.85. The van der Waals surface area contributed by atoms with Gasteiger partial charge in [-0.1, -0.05) is 11.6 Å². The van der Waals surface area contributed by atoms with Gasteiger partial charge < -0.3 is 9.88 Å². The lowest BCUT2D eigenvalue weighted by molar-refractivity contribution is -0.131. The third-order valence-corrected chi connectivity index (χ3v) is 5.19. The average Bonchev–Trinajstić information content (AvgIpc) is 2.97. The van der Waals surface area contributed by atoms with Gasteiger partial charge in [-0.15, -0.1) is 0 Å². The molecule has 1 aliphatic carbocycles. The van der Waals surface area contributed by atoms with Gasteiger partial charge in [-0.3, -0.25) is 4.79 Å². The average molecular weight is 382 g/mol. The van der Waals surface area contributed by atoms with Crippen molar-refractivity contribution in [3.8, 4) is 11.3 Å². The number of amides is 1. The van der Waals surface area contributed by atoms with Crippen molar-refractivity contribution < 1.29 is 13.6 Å². The quantitative estimate of drug-likeness (QED) is 0.835. The van der Waals surface area contributed by atoms with Crippen molar-refractivity contribution in [2.45, 2.75) is 57.3 Å². The molecule has 1 fully saturated rings. The molecule has 1 aromatic heterocycles. The van der Waals surface area contributed by atoms with Gasteiger partial charge in [0.1, 0.15) is 16.7 Å². The Balaban J connectivity index is 1.65. The molecule has 0 unspecified atom stereocenters. The first-order chi connectivity index (χ1) is 12.3. The molecule has 3 rings (SSSR count). The van der Waals surface area contributed by atoms with Crippen molar-refractivity contribution in [3.05, 3.63) is 41.6 Å². The lowest BCUT2D eigenvalue weighted by Crippen LogP contribution is -2.45. The van der Waals surface area contributed by atoms with E-state index in [0.29, 0.717) is 10.8 Å². The first-order valence-electron chi connectivity index (χ1n) is 8.74. The van der Waals surface area contributed by atoms with E-state index < -0.39 is 11.6 Å². The SMILES string of the molecule is CC(C)(F)C(=O)N[C@H]1CC[C@@H](n2cnc(-c3ccc(F)cc3)c2Cl)CC1. The van der Waals surface area contributed by atoms with Crippen LogP contribution in [0.25, 0.3) is 11.3 Å². The fourth-order valence-electron chi connectivity index (χ4n) is 3.26. The van der Waals surface area contributed by atoms with Gasteiger partial charge in [-0.2, -0.15) is 0 Å². The molecule has 26 heavy (non-hydrogen) atoms. The molecule has 0 saturated heterocycles. The third-order valence-electron chi connectivity index (χ3n) is 4.82. The molecule has 1 N–H and O–H groups in total. The molecule has 4 nitrogen and oxygen atoms in total. The van der Waals surface area contributed by atoms with Gasteiger partial charge in [0.05, 0.1) is 6.33 Å². The van der Waals surface area contributed by atoms with Crippen LogP contribution >= 0.6 is 11.6 Å². The van der Waals surface area contributed by atoms with Crippen molar-refractivity contribution in [3.63, 3.8) is 0 Å². The second kappa shape index (κ2) is 7.35. The molecule has 0 bridgehead atoms. The van der Waals surface area contributed by atoms with Crippen LogP contribution in [0.1, 0.15) is 45.6 Å². The molecule has 0 radical (unpaired) electrons. The van der Waals surface area contributed by atoms with Crippen molar-refractivity contribution in [2.75, 3.05) is 0 Å². The standard InChI is InChI=1S/C19H22ClF2N3O/c1-19(2,22)18(26)24-14-7-9-15(10-8-14)25-11-23-16(17(25)20)12-3-5-13(21)6-4-12/h3-6,11,14-15H,7-10H2,1-2H3,(H,24,26)/t14-,15+. The number of hydrogen-bond donors (Lipinski definition) is 1. The van der Waals surface area contributed by atoms with E-state index in [9.17, 15) is 13.6 Å². The molecule has 7 heteroatoms. The predicted molar refractivity (Wildman–Crippen MR) is 97.3 cm³/mol. The molecule has 0 atom stereocenters. The van der Waals surface area contributed by atoms with Crippen LogP contribution in [0.3, 0.4) is 0 Å². The summed E-state index contributed by atoms with van der Waals surface area (Å²) in [6, 6.07) is 6.22. The van der Waals surface area contributed by atoms with E-state index in [0.717, 1.165) is 31.2 Å². The number of alkyl halides is 1. The minimum absolute atomic E-state index is 0.0207. The Morgan fingerprint density at radius 1 is 1.23 bits per heavy atom. The highest BCUT2D eigenvalue weighted by Gasteiger charge is 2.31. The number of nitrogens with zero attached hydrogens (tertiary/aromatic N) is 2. The molecule has 1 heterocycles. The van der Waals surface area contributed by atoms with Gasteiger partial charge in [0.25, 0.3) is 5.91 Å². The number of halogens is 3. The number of carbonyl (C=O) groups is 1. The Morgan fingerprint density at radius 2 is 1.85 bits per heavy atom. The van der Waals surface area contributed by atoms with Gasteiger partial charge in [-0.25, -0.2) is 13.8 Å². The zero-order valence-corrected chi connectivity index (χ0v) is 15.6. The number of carbonyl (C=O) groups excluding carboxylic acids is 1. The zero-order chi connectivity index (χ0) is 18.9. The Hall–Kier alpha value is -1.95. The Kier molecular flexibility index (Phi) is 5.32. The number of aromatic nitrogens is 2. The van der Waals surface area contributed by atoms with Gasteiger partial charge in [0, 0.05) is 17.6 Å². The predicted octanol–water partition coefficient (Wildman–Crippen LogP) is 4.69. The minimum Gasteiger partial charge on any atom is -0.351 e. The monoisotopic (exact) mass is 381 g/mol. The first-order valence-corrected chi connectivity index (χ1v) is 9.11. The fraction of sp³-hybridized carbons (Fsp3) is 0.474. The first kappa shape index (κ1) is 18.8. The molecule has 0 spiro atoms. The molecule has 1 saturated carbocycles. The summed E-state index contributed by atoms with van der Waals surface area (Å²) in [7, 11) is 0. The minimum atomic E-state index is -1.87. The fourth-order valence-corrected chi connectivity index (χ4v) is 3.60. The van der Waals surface area contributed by atoms with E-state index in [4.69, 9.17) is 11.6 Å². The van der Waals surface area contributed by atoms with E-state index in [1.807, 2.05) is 4.57 Å². The molecular formula is C19H22ClF2N3O. The molecular weight excluding hydrogens is 360 g/mol. The highest BCUT2D eigenvalue weighted by Crippen LogP contribution is 2.35. The van der Waals surface area contributed by atoms with E-state index in [1.165, 1.54) is 26.0 Å². The van der Waals surface area contributed by atoms with Crippen LogP contribution in [0, 0.1) is 5.82 Å². The maximum Gasteiger partial charge on any atom is 0.257 e. The summed E-state index contributed by atoms with van der Waals surface area (Å²) in [5, 5.41) is 3.30. The molecule has 1 aliphatic rings. The number of rotatable bonds is 4. The molecule has 140 valence electrons. The van der Waals surface area contributed by atoms with E-state index in [-0.39, 0.29) is 17.9 Å². The number of nitrogens with one attached hydrogen (secondary N) is 1.